The predicted octanol–water partition coefficient (Wildman–Crippen LogP) is 1.51. The number of carbonyl (C=O) groups excluding carboxylic acids is 2. The van der Waals surface area contributed by atoms with Crippen LogP contribution in [0.25, 0.3) is 0 Å². The first kappa shape index (κ1) is 15.5. The zero-order valence-electron chi connectivity index (χ0n) is 12.9. The van der Waals surface area contributed by atoms with Crippen LogP contribution in [-0.2, 0) is 20.7 Å². The van der Waals surface area contributed by atoms with Crippen molar-refractivity contribution >= 4 is 11.9 Å². The van der Waals surface area contributed by atoms with Gasteiger partial charge in [-0.25, -0.2) is 0 Å². The van der Waals surface area contributed by atoms with Crippen molar-refractivity contribution in [2.24, 2.45) is 0 Å². The highest BCUT2D eigenvalue weighted by Crippen LogP contribution is 2.22. The van der Waals surface area contributed by atoms with E-state index >= 15 is 0 Å². The standard InChI is InChI=1S/C15H23N3O3/c1-10-13(11(2)17-16-10)9-14(19)18-7-5-4-6-12(18)8-15(20)21-3/h12H,4-9H2,1-3H3,(H,16,17). The maximum atomic E-state index is 12.6. The first-order chi connectivity index (χ1) is 10.0. The molecule has 116 valence electrons. The van der Waals surface area contributed by atoms with Crippen molar-refractivity contribution in [1.29, 1.82) is 0 Å². The molecule has 0 bridgehead atoms. The van der Waals surface area contributed by atoms with E-state index in [1.54, 1.807) is 0 Å². The smallest absolute Gasteiger partial charge is 0.307 e. The molecule has 1 aliphatic heterocycles. The number of H-pyrrole nitrogens is 1. The van der Waals surface area contributed by atoms with Crippen LogP contribution in [0.15, 0.2) is 0 Å². The van der Waals surface area contributed by atoms with Gasteiger partial charge in [0.25, 0.3) is 0 Å². The number of carbonyl (C=O) groups is 2. The van der Waals surface area contributed by atoms with Gasteiger partial charge in [-0.15, -0.1) is 0 Å². The quantitative estimate of drug-likeness (QED) is 0.854. The summed E-state index contributed by atoms with van der Waals surface area (Å²) in [5.74, 6) is -0.188. The van der Waals surface area contributed by atoms with Crippen LogP contribution in [0.1, 0.15) is 42.6 Å². The van der Waals surface area contributed by atoms with Crippen molar-refractivity contribution in [3.63, 3.8) is 0 Å². The normalized spacial score (nSPS) is 18.6. The lowest BCUT2D eigenvalue weighted by atomic mass is 9.98. The molecule has 2 rings (SSSR count). The fourth-order valence-corrected chi connectivity index (χ4v) is 2.90. The molecule has 1 aromatic heterocycles. The van der Waals surface area contributed by atoms with Gasteiger partial charge >= 0.3 is 5.97 Å². The summed E-state index contributed by atoms with van der Waals surface area (Å²) in [6.45, 7) is 4.54. The molecule has 0 saturated carbocycles. The van der Waals surface area contributed by atoms with Gasteiger partial charge in [0.1, 0.15) is 0 Å². The Labute approximate surface area is 124 Å². The van der Waals surface area contributed by atoms with E-state index in [0.717, 1.165) is 42.8 Å². The van der Waals surface area contributed by atoms with E-state index in [1.165, 1.54) is 7.11 Å². The van der Waals surface area contributed by atoms with Crippen molar-refractivity contribution in [3.05, 3.63) is 17.0 Å². The number of esters is 1. The van der Waals surface area contributed by atoms with E-state index in [0.29, 0.717) is 6.42 Å². The van der Waals surface area contributed by atoms with Crippen LogP contribution in [-0.4, -0.2) is 46.7 Å². The molecule has 1 N–H and O–H groups in total. The van der Waals surface area contributed by atoms with Gasteiger partial charge in [-0.05, 0) is 33.1 Å². The molecule has 1 saturated heterocycles. The van der Waals surface area contributed by atoms with Crippen LogP contribution in [0, 0.1) is 13.8 Å². The molecule has 21 heavy (non-hydrogen) atoms. The second-order valence-corrected chi connectivity index (χ2v) is 5.61. The van der Waals surface area contributed by atoms with Gasteiger partial charge in [0.2, 0.25) is 5.91 Å². The molecule has 1 amide bonds. The Morgan fingerprint density at radius 2 is 2.14 bits per heavy atom. The second-order valence-electron chi connectivity index (χ2n) is 5.61. The van der Waals surface area contributed by atoms with Gasteiger partial charge in [-0.2, -0.15) is 5.10 Å². The van der Waals surface area contributed by atoms with Crippen molar-refractivity contribution in [2.45, 2.75) is 52.0 Å². The van der Waals surface area contributed by atoms with Crippen LogP contribution >= 0.6 is 0 Å². The molecule has 0 spiro atoms. The van der Waals surface area contributed by atoms with E-state index in [1.807, 2.05) is 18.7 Å². The molecular weight excluding hydrogens is 270 g/mol. The number of likely N-dealkylation sites (tertiary alicyclic amines) is 1. The summed E-state index contributed by atoms with van der Waals surface area (Å²) in [7, 11) is 1.38. The minimum atomic E-state index is -0.254. The van der Waals surface area contributed by atoms with Gasteiger partial charge in [0, 0.05) is 23.8 Å². The van der Waals surface area contributed by atoms with Gasteiger partial charge in [0.05, 0.1) is 25.6 Å². The average molecular weight is 293 g/mol. The summed E-state index contributed by atoms with van der Waals surface area (Å²) in [6.07, 6.45) is 3.53. The van der Waals surface area contributed by atoms with E-state index < -0.39 is 0 Å². The maximum Gasteiger partial charge on any atom is 0.307 e. The van der Waals surface area contributed by atoms with Crippen molar-refractivity contribution in [3.8, 4) is 0 Å². The molecule has 6 nitrogen and oxygen atoms in total. The fourth-order valence-electron chi connectivity index (χ4n) is 2.90. The third-order valence-electron chi connectivity index (χ3n) is 4.19. The highest BCUT2D eigenvalue weighted by atomic mass is 16.5. The Morgan fingerprint density at radius 3 is 2.76 bits per heavy atom. The van der Waals surface area contributed by atoms with E-state index in [-0.39, 0.29) is 24.3 Å². The molecule has 1 unspecified atom stereocenters. The highest BCUT2D eigenvalue weighted by molar-refractivity contribution is 5.80. The van der Waals surface area contributed by atoms with Gasteiger partial charge in [-0.1, -0.05) is 0 Å². The maximum absolute atomic E-state index is 12.6. The molecule has 6 heteroatoms. The number of hydrogen-bond donors (Lipinski definition) is 1. The first-order valence-electron chi connectivity index (χ1n) is 7.39. The number of rotatable bonds is 4. The van der Waals surface area contributed by atoms with Crippen LogP contribution in [0.5, 0.6) is 0 Å². The molecule has 0 radical (unpaired) electrons. The number of piperidine rings is 1. The van der Waals surface area contributed by atoms with Crippen LogP contribution in [0.4, 0.5) is 0 Å². The molecule has 0 aromatic carbocycles. The Hall–Kier alpha value is -1.85. The number of nitrogens with zero attached hydrogens (tertiary/aromatic N) is 2. The summed E-state index contributed by atoms with van der Waals surface area (Å²) < 4.78 is 4.73. The third-order valence-corrected chi connectivity index (χ3v) is 4.19. The van der Waals surface area contributed by atoms with Crippen molar-refractivity contribution in [1.82, 2.24) is 15.1 Å². The summed E-state index contributed by atoms with van der Waals surface area (Å²) in [5.41, 5.74) is 2.76. The van der Waals surface area contributed by atoms with Crippen molar-refractivity contribution in [2.75, 3.05) is 13.7 Å². The van der Waals surface area contributed by atoms with E-state index in [4.69, 9.17) is 4.74 Å². The average Bonchev–Trinajstić information content (AvgIpc) is 2.79. The molecule has 1 aliphatic rings. The third kappa shape index (κ3) is 3.62. The fraction of sp³-hybridized carbons (Fsp3) is 0.667. The lowest BCUT2D eigenvalue weighted by Gasteiger charge is -2.35. The SMILES string of the molecule is COC(=O)CC1CCCCN1C(=O)Cc1c(C)n[nH]c1C. The van der Waals surface area contributed by atoms with Gasteiger partial charge in [0.15, 0.2) is 0 Å². The Kier molecular flexibility index (Phi) is 4.98. The minimum absolute atomic E-state index is 0.0359. The summed E-state index contributed by atoms with van der Waals surface area (Å²) >= 11 is 0. The lowest BCUT2D eigenvalue weighted by Crippen LogP contribution is -2.45. The van der Waals surface area contributed by atoms with Crippen LogP contribution in [0.2, 0.25) is 0 Å². The predicted molar refractivity (Wildman–Crippen MR) is 77.8 cm³/mol. The van der Waals surface area contributed by atoms with Crippen molar-refractivity contribution < 1.29 is 14.3 Å². The lowest BCUT2D eigenvalue weighted by molar-refractivity contribution is -0.144. The summed E-state index contributed by atoms with van der Waals surface area (Å²) in [5, 5.41) is 7.03. The zero-order valence-corrected chi connectivity index (χ0v) is 12.9. The van der Waals surface area contributed by atoms with Crippen LogP contribution in [0.3, 0.4) is 0 Å². The number of methoxy groups -OCH3 is 1. The number of aryl methyl sites for hydroxylation is 2. The summed E-state index contributed by atoms with van der Waals surface area (Å²) in [6, 6.07) is -0.0359. The Balaban J connectivity index is 2.06. The van der Waals surface area contributed by atoms with Crippen LogP contribution < -0.4 is 0 Å². The number of aromatic amines is 1. The highest BCUT2D eigenvalue weighted by Gasteiger charge is 2.29. The minimum Gasteiger partial charge on any atom is -0.469 e. The molecular formula is C15H23N3O3. The Bertz CT molecular complexity index is 505. The molecule has 2 heterocycles. The van der Waals surface area contributed by atoms with Gasteiger partial charge < -0.3 is 9.64 Å². The summed E-state index contributed by atoms with van der Waals surface area (Å²) in [4.78, 5) is 25.9. The second kappa shape index (κ2) is 6.74. The largest absolute Gasteiger partial charge is 0.469 e. The Morgan fingerprint density at radius 1 is 1.38 bits per heavy atom. The number of aromatic nitrogens is 2. The molecule has 1 fully saturated rings. The number of hydrogen-bond acceptors (Lipinski definition) is 4. The molecule has 0 aliphatic carbocycles. The monoisotopic (exact) mass is 293 g/mol. The number of ether oxygens (including phenoxy) is 1. The molecule has 1 aromatic rings. The topological polar surface area (TPSA) is 75.3 Å². The van der Waals surface area contributed by atoms with E-state index in [9.17, 15) is 9.59 Å². The molecule has 1 atom stereocenters. The van der Waals surface area contributed by atoms with E-state index in [2.05, 4.69) is 10.2 Å². The first-order valence-corrected chi connectivity index (χ1v) is 7.39. The van der Waals surface area contributed by atoms with Gasteiger partial charge in [-0.3, -0.25) is 14.7 Å². The number of nitrogens with one attached hydrogen (secondary N) is 1. The number of amides is 1. The zero-order chi connectivity index (χ0) is 15.4.